The first-order valence-corrected chi connectivity index (χ1v) is 6.53. The van der Waals surface area contributed by atoms with Crippen molar-refractivity contribution < 1.29 is 5.11 Å². The van der Waals surface area contributed by atoms with Crippen LogP contribution in [0.4, 0.5) is 0 Å². The SMILES string of the molecule is Cc1cc(C(C)(C)C)ccc1-c1cc(C#N)c(O)cn1. The zero-order valence-corrected chi connectivity index (χ0v) is 12.2. The maximum atomic E-state index is 9.52. The van der Waals surface area contributed by atoms with Crippen LogP contribution in [0, 0.1) is 18.3 Å². The Kier molecular flexibility index (Phi) is 3.50. The minimum Gasteiger partial charge on any atom is -0.505 e. The van der Waals surface area contributed by atoms with Gasteiger partial charge in [-0.3, -0.25) is 4.98 Å². The van der Waals surface area contributed by atoms with Crippen LogP contribution >= 0.6 is 0 Å². The average molecular weight is 266 g/mol. The topological polar surface area (TPSA) is 56.9 Å². The van der Waals surface area contributed by atoms with Gasteiger partial charge in [-0.05, 0) is 29.5 Å². The molecule has 1 aromatic carbocycles. The molecule has 0 saturated carbocycles. The summed E-state index contributed by atoms with van der Waals surface area (Å²) in [5, 5.41) is 18.5. The van der Waals surface area contributed by atoms with Crippen LogP contribution in [-0.2, 0) is 5.41 Å². The Morgan fingerprint density at radius 2 is 1.90 bits per heavy atom. The lowest BCUT2D eigenvalue weighted by Crippen LogP contribution is -2.11. The molecule has 0 aliphatic heterocycles. The highest BCUT2D eigenvalue weighted by Crippen LogP contribution is 2.30. The number of hydrogen-bond acceptors (Lipinski definition) is 3. The Hall–Kier alpha value is -2.34. The second-order valence-corrected chi connectivity index (χ2v) is 5.98. The lowest BCUT2D eigenvalue weighted by atomic mass is 9.85. The van der Waals surface area contributed by atoms with Gasteiger partial charge in [0.1, 0.15) is 6.07 Å². The summed E-state index contributed by atoms with van der Waals surface area (Å²) in [5.41, 5.74) is 4.40. The number of aromatic nitrogens is 1. The van der Waals surface area contributed by atoms with Crippen LogP contribution < -0.4 is 0 Å². The number of nitrogens with zero attached hydrogens (tertiary/aromatic N) is 2. The van der Waals surface area contributed by atoms with Crippen molar-refractivity contribution in [3.8, 4) is 23.1 Å². The van der Waals surface area contributed by atoms with E-state index in [9.17, 15) is 5.11 Å². The number of hydrogen-bond donors (Lipinski definition) is 1. The zero-order valence-electron chi connectivity index (χ0n) is 12.2. The van der Waals surface area contributed by atoms with Crippen LogP contribution in [0.3, 0.4) is 0 Å². The van der Waals surface area contributed by atoms with Gasteiger partial charge in [-0.15, -0.1) is 0 Å². The number of aryl methyl sites for hydroxylation is 1. The molecule has 20 heavy (non-hydrogen) atoms. The van der Waals surface area contributed by atoms with Crippen molar-refractivity contribution in [3.63, 3.8) is 0 Å². The number of rotatable bonds is 1. The summed E-state index contributed by atoms with van der Waals surface area (Å²) in [6, 6.07) is 9.85. The van der Waals surface area contributed by atoms with E-state index >= 15 is 0 Å². The van der Waals surface area contributed by atoms with Crippen molar-refractivity contribution in [1.29, 1.82) is 5.26 Å². The van der Waals surface area contributed by atoms with E-state index in [2.05, 4.69) is 37.9 Å². The zero-order chi connectivity index (χ0) is 14.9. The van der Waals surface area contributed by atoms with Gasteiger partial charge in [0.05, 0.1) is 17.5 Å². The second kappa shape index (κ2) is 4.97. The molecule has 0 amide bonds. The monoisotopic (exact) mass is 266 g/mol. The summed E-state index contributed by atoms with van der Waals surface area (Å²) < 4.78 is 0. The predicted molar refractivity (Wildman–Crippen MR) is 79.5 cm³/mol. The van der Waals surface area contributed by atoms with Gasteiger partial charge >= 0.3 is 0 Å². The Balaban J connectivity index is 2.52. The lowest BCUT2D eigenvalue weighted by molar-refractivity contribution is 0.471. The summed E-state index contributed by atoms with van der Waals surface area (Å²) in [4.78, 5) is 4.21. The average Bonchev–Trinajstić information content (AvgIpc) is 2.38. The van der Waals surface area contributed by atoms with Crippen LogP contribution in [0.5, 0.6) is 5.75 Å². The molecule has 0 radical (unpaired) electrons. The fraction of sp³-hybridized carbons (Fsp3) is 0.294. The highest BCUT2D eigenvalue weighted by Gasteiger charge is 2.15. The molecule has 102 valence electrons. The van der Waals surface area contributed by atoms with Crippen molar-refractivity contribution >= 4 is 0 Å². The van der Waals surface area contributed by atoms with Crippen LogP contribution in [0.2, 0.25) is 0 Å². The standard InChI is InChI=1S/C17H18N2O/c1-11-7-13(17(2,3)4)5-6-14(11)15-8-12(9-18)16(20)10-19-15/h5-8,10,20H,1-4H3. The Labute approximate surface area is 119 Å². The van der Waals surface area contributed by atoms with Crippen molar-refractivity contribution in [3.05, 3.63) is 47.2 Å². The molecule has 3 heteroatoms. The van der Waals surface area contributed by atoms with E-state index in [-0.39, 0.29) is 16.7 Å². The third-order valence-electron chi connectivity index (χ3n) is 3.37. The minimum absolute atomic E-state index is 0.0831. The van der Waals surface area contributed by atoms with E-state index in [1.807, 2.05) is 19.1 Å². The molecule has 0 unspecified atom stereocenters. The van der Waals surface area contributed by atoms with Gasteiger partial charge in [0.25, 0.3) is 0 Å². The van der Waals surface area contributed by atoms with Gasteiger partial charge in [0.15, 0.2) is 5.75 Å². The number of aromatic hydroxyl groups is 1. The van der Waals surface area contributed by atoms with E-state index in [4.69, 9.17) is 5.26 Å². The molecule has 3 nitrogen and oxygen atoms in total. The number of pyridine rings is 1. The minimum atomic E-state index is -0.0831. The molecule has 1 N–H and O–H groups in total. The first-order valence-electron chi connectivity index (χ1n) is 6.53. The van der Waals surface area contributed by atoms with Crippen molar-refractivity contribution in [1.82, 2.24) is 4.98 Å². The van der Waals surface area contributed by atoms with Crippen LogP contribution in [0.25, 0.3) is 11.3 Å². The fourth-order valence-corrected chi connectivity index (χ4v) is 2.10. The van der Waals surface area contributed by atoms with Crippen LogP contribution in [0.15, 0.2) is 30.5 Å². The van der Waals surface area contributed by atoms with Crippen molar-refractivity contribution in [2.45, 2.75) is 33.1 Å². The largest absolute Gasteiger partial charge is 0.505 e. The molecule has 2 rings (SSSR count). The van der Waals surface area contributed by atoms with Gasteiger partial charge in [0.2, 0.25) is 0 Å². The maximum Gasteiger partial charge on any atom is 0.151 e. The molecule has 0 atom stereocenters. The van der Waals surface area contributed by atoms with Gasteiger partial charge in [-0.1, -0.05) is 39.0 Å². The van der Waals surface area contributed by atoms with Gasteiger partial charge in [-0.25, -0.2) is 0 Å². The molecular weight excluding hydrogens is 248 g/mol. The van der Waals surface area contributed by atoms with E-state index in [1.54, 1.807) is 6.07 Å². The smallest absolute Gasteiger partial charge is 0.151 e. The van der Waals surface area contributed by atoms with Gasteiger partial charge in [0, 0.05) is 5.56 Å². The fourth-order valence-electron chi connectivity index (χ4n) is 2.10. The summed E-state index contributed by atoms with van der Waals surface area (Å²) >= 11 is 0. The third-order valence-corrected chi connectivity index (χ3v) is 3.37. The molecule has 0 saturated heterocycles. The van der Waals surface area contributed by atoms with E-state index in [0.29, 0.717) is 5.69 Å². The normalized spacial score (nSPS) is 11.2. The second-order valence-electron chi connectivity index (χ2n) is 5.98. The Morgan fingerprint density at radius 1 is 1.20 bits per heavy atom. The van der Waals surface area contributed by atoms with Crippen LogP contribution in [-0.4, -0.2) is 10.1 Å². The van der Waals surface area contributed by atoms with E-state index < -0.39 is 0 Å². The first-order chi connectivity index (χ1) is 9.32. The molecule has 2 aromatic rings. The molecule has 0 bridgehead atoms. The first kappa shape index (κ1) is 14.1. The molecule has 0 spiro atoms. The Bertz CT molecular complexity index is 691. The number of benzene rings is 1. The predicted octanol–water partition coefficient (Wildman–Crippen LogP) is 3.93. The summed E-state index contributed by atoms with van der Waals surface area (Å²) in [7, 11) is 0. The molecule has 0 aliphatic carbocycles. The molecule has 0 aliphatic rings. The Morgan fingerprint density at radius 3 is 2.45 bits per heavy atom. The molecular formula is C17H18N2O. The number of nitriles is 1. The van der Waals surface area contributed by atoms with Crippen molar-refractivity contribution in [2.24, 2.45) is 0 Å². The summed E-state index contributed by atoms with van der Waals surface area (Å²) in [6.07, 6.45) is 1.32. The summed E-state index contributed by atoms with van der Waals surface area (Å²) in [5.74, 6) is -0.0831. The summed E-state index contributed by atoms with van der Waals surface area (Å²) in [6.45, 7) is 8.56. The van der Waals surface area contributed by atoms with Gasteiger partial charge in [-0.2, -0.15) is 5.26 Å². The third kappa shape index (κ3) is 2.65. The maximum absolute atomic E-state index is 9.52. The highest BCUT2D eigenvalue weighted by molar-refractivity contribution is 5.66. The molecule has 1 heterocycles. The molecule has 1 aromatic heterocycles. The molecule has 0 fully saturated rings. The lowest BCUT2D eigenvalue weighted by Gasteiger charge is -2.20. The van der Waals surface area contributed by atoms with E-state index in [0.717, 1.165) is 11.1 Å². The highest BCUT2D eigenvalue weighted by atomic mass is 16.3. The van der Waals surface area contributed by atoms with Crippen molar-refractivity contribution in [2.75, 3.05) is 0 Å². The quantitative estimate of drug-likeness (QED) is 0.850. The van der Waals surface area contributed by atoms with E-state index in [1.165, 1.54) is 11.8 Å². The van der Waals surface area contributed by atoms with Crippen LogP contribution in [0.1, 0.15) is 37.5 Å². The van der Waals surface area contributed by atoms with Gasteiger partial charge < -0.3 is 5.11 Å².